The molecule has 5 heteroatoms. The van der Waals surface area contributed by atoms with Crippen LogP contribution in [0.25, 0.3) is 0 Å². The van der Waals surface area contributed by atoms with E-state index in [4.69, 9.17) is 4.74 Å². The van der Waals surface area contributed by atoms with Gasteiger partial charge in [0.05, 0.1) is 12.8 Å². The molecule has 0 aliphatic heterocycles. The van der Waals surface area contributed by atoms with E-state index in [1.54, 1.807) is 7.11 Å². The Morgan fingerprint density at radius 2 is 2.22 bits per heavy atom. The zero-order valence-corrected chi connectivity index (χ0v) is 11.9. The maximum Gasteiger partial charge on any atom is 0.221 e. The van der Waals surface area contributed by atoms with Crippen LogP contribution < -0.4 is 15.4 Å². The Hall–Kier alpha value is -1.36. The quantitative estimate of drug-likeness (QED) is 0.747. The van der Waals surface area contributed by atoms with E-state index in [1.807, 2.05) is 30.0 Å². The molecular formula is C13H20N2O2S. The molecule has 0 bridgehead atoms. The Bertz CT molecular complexity index is 397. The van der Waals surface area contributed by atoms with Crippen molar-refractivity contribution in [2.45, 2.75) is 13.3 Å². The molecule has 0 aromatic heterocycles. The van der Waals surface area contributed by atoms with E-state index in [2.05, 4.69) is 16.9 Å². The molecule has 0 aliphatic carbocycles. The number of carbonyl (C=O) groups excluding carboxylic acids is 1. The molecule has 0 unspecified atom stereocenters. The van der Waals surface area contributed by atoms with Crippen LogP contribution in [0.3, 0.4) is 0 Å². The molecule has 4 nitrogen and oxygen atoms in total. The topological polar surface area (TPSA) is 50.4 Å². The van der Waals surface area contributed by atoms with Crippen LogP contribution in [0.15, 0.2) is 18.2 Å². The van der Waals surface area contributed by atoms with E-state index < -0.39 is 0 Å². The van der Waals surface area contributed by atoms with Gasteiger partial charge in [-0.05, 0) is 36.6 Å². The maximum atomic E-state index is 11.0. The van der Waals surface area contributed by atoms with E-state index in [0.717, 1.165) is 35.8 Å². The van der Waals surface area contributed by atoms with Crippen LogP contribution in [0, 0.1) is 0 Å². The minimum Gasteiger partial charge on any atom is -0.495 e. The summed E-state index contributed by atoms with van der Waals surface area (Å²) < 4.78 is 5.28. The first kappa shape index (κ1) is 14.7. The normalized spacial score (nSPS) is 9.94. The molecule has 0 aliphatic rings. The van der Waals surface area contributed by atoms with Crippen LogP contribution in [0.5, 0.6) is 5.75 Å². The van der Waals surface area contributed by atoms with Crippen molar-refractivity contribution >= 4 is 29.0 Å². The molecule has 100 valence electrons. The molecule has 2 N–H and O–H groups in total. The van der Waals surface area contributed by atoms with Crippen molar-refractivity contribution in [1.82, 2.24) is 0 Å². The number of carbonyl (C=O) groups is 1. The van der Waals surface area contributed by atoms with Crippen molar-refractivity contribution < 1.29 is 9.53 Å². The van der Waals surface area contributed by atoms with Crippen LogP contribution >= 0.6 is 11.8 Å². The van der Waals surface area contributed by atoms with Gasteiger partial charge in [0.25, 0.3) is 0 Å². The first-order chi connectivity index (χ1) is 8.67. The highest BCUT2D eigenvalue weighted by Gasteiger charge is 2.04. The summed E-state index contributed by atoms with van der Waals surface area (Å²) in [5.41, 5.74) is 1.68. The summed E-state index contributed by atoms with van der Waals surface area (Å²) in [4.78, 5) is 11.0. The lowest BCUT2D eigenvalue weighted by Gasteiger charge is -2.13. The largest absolute Gasteiger partial charge is 0.495 e. The third-order valence-electron chi connectivity index (χ3n) is 2.36. The number of nitrogens with one attached hydrogen (secondary N) is 2. The summed E-state index contributed by atoms with van der Waals surface area (Å²) in [5, 5.41) is 6.08. The van der Waals surface area contributed by atoms with Gasteiger partial charge in [0.1, 0.15) is 5.75 Å². The molecule has 0 radical (unpaired) electrons. The number of hydrogen-bond donors (Lipinski definition) is 2. The Balaban J connectivity index is 2.69. The fourth-order valence-electron chi connectivity index (χ4n) is 1.57. The molecule has 1 amide bonds. The number of rotatable bonds is 7. The molecule has 0 spiro atoms. The summed E-state index contributed by atoms with van der Waals surface area (Å²) in [6.07, 6.45) is 3.19. The Kier molecular flexibility index (Phi) is 6.43. The van der Waals surface area contributed by atoms with Gasteiger partial charge in [-0.25, -0.2) is 0 Å². The van der Waals surface area contributed by atoms with Gasteiger partial charge in [-0.1, -0.05) is 0 Å². The van der Waals surface area contributed by atoms with Gasteiger partial charge in [0.2, 0.25) is 5.91 Å². The summed E-state index contributed by atoms with van der Waals surface area (Å²) >= 11 is 1.83. The van der Waals surface area contributed by atoms with Gasteiger partial charge in [-0.2, -0.15) is 11.8 Å². The average Bonchev–Trinajstić information content (AvgIpc) is 2.34. The molecule has 1 rings (SSSR count). The van der Waals surface area contributed by atoms with E-state index >= 15 is 0 Å². The molecule has 0 saturated carbocycles. The Morgan fingerprint density at radius 1 is 1.44 bits per heavy atom. The fraction of sp³-hybridized carbons (Fsp3) is 0.462. The highest BCUT2D eigenvalue weighted by atomic mass is 32.2. The van der Waals surface area contributed by atoms with E-state index in [9.17, 15) is 4.79 Å². The van der Waals surface area contributed by atoms with Crippen LogP contribution in [-0.4, -0.2) is 31.6 Å². The lowest BCUT2D eigenvalue weighted by molar-refractivity contribution is -0.114. The van der Waals surface area contributed by atoms with E-state index in [1.165, 1.54) is 6.92 Å². The number of hydrogen-bond acceptors (Lipinski definition) is 4. The van der Waals surface area contributed by atoms with Gasteiger partial charge >= 0.3 is 0 Å². The summed E-state index contributed by atoms with van der Waals surface area (Å²) in [7, 11) is 1.64. The standard InChI is InChI=1S/C13H20N2O2S/c1-10(16)15-11-5-6-13(17-2)12(9-11)14-7-4-8-18-3/h5-6,9,14H,4,7-8H2,1-3H3,(H,15,16). The van der Waals surface area contributed by atoms with Crippen molar-refractivity contribution in [1.29, 1.82) is 0 Å². The third kappa shape index (κ3) is 4.87. The second-order valence-electron chi connectivity index (χ2n) is 3.87. The molecule has 18 heavy (non-hydrogen) atoms. The van der Waals surface area contributed by atoms with Gasteiger partial charge in [-0.15, -0.1) is 0 Å². The molecule has 1 aromatic carbocycles. The number of thioether (sulfide) groups is 1. The zero-order chi connectivity index (χ0) is 13.4. The van der Waals surface area contributed by atoms with E-state index in [-0.39, 0.29) is 5.91 Å². The first-order valence-electron chi connectivity index (χ1n) is 5.86. The smallest absolute Gasteiger partial charge is 0.221 e. The van der Waals surface area contributed by atoms with Gasteiger partial charge in [-0.3, -0.25) is 4.79 Å². The Morgan fingerprint density at radius 3 is 2.83 bits per heavy atom. The van der Waals surface area contributed by atoms with Crippen LogP contribution in [0.1, 0.15) is 13.3 Å². The monoisotopic (exact) mass is 268 g/mol. The molecule has 0 fully saturated rings. The fourth-order valence-corrected chi connectivity index (χ4v) is 2.00. The first-order valence-corrected chi connectivity index (χ1v) is 7.25. The van der Waals surface area contributed by atoms with Crippen molar-refractivity contribution in [3.63, 3.8) is 0 Å². The minimum absolute atomic E-state index is 0.0755. The highest BCUT2D eigenvalue weighted by molar-refractivity contribution is 7.98. The number of methoxy groups -OCH3 is 1. The third-order valence-corrected chi connectivity index (χ3v) is 3.06. The second-order valence-corrected chi connectivity index (χ2v) is 4.85. The predicted molar refractivity (Wildman–Crippen MR) is 78.8 cm³/mol. The van der Waals surface area contributed by atoms with Crippen molar-refractivity contribution in [3.8, 4) is 5.75 Å². The molecule has 0 heterocycles. The summed E-state index contributed by atoms with van der Waals surface area (Å²) in [6.45, 7) is 2.39. The van der Waals surface area contributed by atoms with Gasteiger partial charge < -0.3 is 15.4 Å². The molecule has 1 aromatic rings. The predicted octanol–water partition coefficient (Wildman–Crippen LogP) is 2.82. The Labute approximate surface area is 112 Å². The molecule has 0 atom stereocenters. The number of amides is 1. The number of anilines is 2. The van der Waals surface area contributed by atoms with Gasteiger partial charge in [0.15, 0.2) is 0 Å². The maximum absolute atomic E-state index is 11.0. The van der Waals surface area contributed by atoms with Crippen molar-refractivity contribution in [2.75, 3.05) is 36.3 Å². The average molecular weight is 268 g/mol. The minimum atomic E-state index is -0.0755. The lowest BCUT2D eigenvalue weighted by atomic mass is 10.2. The van der Waals surface area contributed by atoms with Crippen molar-refractivity contribution in [3.05, 3.63) is 18.2 Å². The number of ether oxygens (including phenoxy) is 1. The number of benzene rings is 1. The highest BCUT2D eigenvalue weighted by Crippen LogP contribution is 2.27. The summed E-state index contributed by atoms with van der Waals surface area (Å²) in [5.74, 6) is 1.84. The molecular weight excluding hydrogens is 248 g/mol. The van der Waals surface area contributed by atoms with Gasteiger partial charge in [0, 0.05) is 19.2 Å². The SMILES string of the molecule is COc1ccc(NC(C)=O)cc1NCCCSC. The second kappa shape index (κ2) is 7.87. The van der Waals surface area contributed by atoms with Crippen LogP contribution in [0.4, 0.5) is 11.4 Å². The lowest BCUT2D eigenvalue weighted by Crippen LogP contribution is -2.08. The van der Waals surface area contributed by atoms with Crippen LogP contribution in [-0.2, 0) is 4.79 Å². The zero-order valence-electron chi connectivity index (χ0n) is 11.1. The summed E-state index contributed by atoms with van der Waals surface area (Å²) in [6, 6.07) is 5.56. The van der Waals surface area contributed by atoms with Crippen LogP contribution in [0.2, 0.25) is 0 Å². The molecule has 0 saturated heterocycles. The van der Waals surface area contributed by atoms with Crippen molar-refractivity contribution in [2.24, 2.45) is 0 Å². The van der Waals surface area contributed by atoms with E-state index in [0.29, 0.717) is 0 Å².